The predicted molar refractivity (Wildman–Crippen MR) is 76.9 cm³/mol. The molecule has 0 aliphatic heterocycles. The van der Waals surface area contributed by atoms with Crippen LogP contribution in [0.5, 0.6) is 0 Å². The van der Waals surface area contributed by atoms with E-state index in [-0.39, 0.29) is 0 Å². The zero-order valence-electron chi connectivity index (χ0n) is 11.3. The van der Waals surface area contributed by atoms with E-state index in [0.717, 1.165) is 30.7 Å². The summed E-state index contributed by atoms with van der Waals surface area (Å²) >= 11 is 0. The van der Waals surface area contributed by atoms with Crippen LogP contribution >= 0.6 is 0 Å². The molecule has 1 aromatic heterocycles. The fraction of sp³-hybridized carbons (Fsp3) is 0.333. The van der Waals surface area contributed by atoms with Crippen molar-refractivity contribution in [3.8, 4) is 0 Å². The summed E-state index contributed by atoms with van der Waals surface area (Å²) in [6, 6.07) is 8.90. The second-order valence-corrected chi connectivity index (χ2v) is 4.62. The quantitative estimate of drug-likeness (QED) is 0.895. The molecule has 0 aliphatic rings. The zero-order chi connectivity index (χ0) is 13.8. The van der Waals surface area contributed by atoms with Crippen molar-refractivity contribution in [2.45, 2.75) is 19.8 Å². The number of anilines is 1. The maximum absolute atomic E-state index is 11.1. The van der Waals surface area contributed by atoms with E-state index in [2.05, 4.69) is 16.8 Å². The first-order chi connectivity index (χ1) is 9.13. The van der Waals surface area contributed by atoms with Gasteiger partial charge in [0.2, 0.25) is 0 Å². The van der Waals surface area contributed by atoms with Crippen molar-refractivity contribution in [3.05, 3.63) is 35.9 Å². The molecule has 100 valence electrons. The van der Waals surface area contributed by atoms with Crippen LogP contribution in [0, 0.1) is 0 Å². The molecule has 4 heteroatoms. The van der Waals surface area contributed by atoms with Gasteiger partial charge in [-0.25, -0.2) is 9.78 Å². The number of pyridine rings is 1. The van der Waals surface area contributed by atoms with E-state index in [0.29, 0.717) is 10.9 Å². The van der Waals surface area contributed by atoms with Crippen LogP contribution in [0.3, 0.4) is 0 Å². The monoisotopic (exact) mass is 258 g/mol. The Balaban J connectivity index is 2.39. The number of carboxylic acid groups (broad SMARTS) is 1. The number of carboxylic acids is 1. The zero-order valence-corrected chi connectivity index (χ0v) is 11.3. The number of rotatable bonds is 5. The second-order valence-electron chi connectivity index (χ2n) is 4.62. The average molecular weight is 258 g/mol. The van der Waals surface area contributed by atoms with E-state index in [1.54, 1.807) is 12.1 Å². The molecule has 1 heterocycles. The van der Waals surface area contributed by atoms with E-state index in [4.69, 9.17) is 5.11 Å². The van der Waals surface area contributed by atoms with Crippen LogP contribution in [0.15, 0.2) is 30.3 Å². The molecule has 0 saturated carbocycles. The smallest absolute Gasteiger partial charge is 0.336 e. The van der Waals surface area contributed by atoms with Gasteiger partial charge in [-0.1, -0.05) is 19.4 Å². The summed E-state index contributed by atoms with van der Waals surface area (Å²) in [5, 5.41) is 9.82. The number of unbranched alkanes of at least 4 members (excludes halogenated alkanes) is 1. The summed E-state index contributed by atoms with van der Waals surface area (Å²) in [6.07, 6.45) is 2.26. The minimum Gasteiger partial charge on any atom is -0.478 e. The first-order valence-electron chi connectivity index (χ1n) is 6.47. The standard InChI is InChI=1S/C15H18N2O2/c1-3-4-10-17(2)14-9-8-11-12(15(18)19)6-5-7-13(11)16-14/h5-9H,3-4,10H2,1-2H3,(H,18,19). The van der Waals surface area contributed by atoms with Crippen molar-refractivity contribution in [2.75, 3.05) is 18.5 Å². The number of carbonyl (C=O) groups is 1. The summed E-state index contributed by atoms with van der Waals surface area (Å²) in [5.41, 5.74) is 1.02. The highest BCUT2D eigenvalue weighted by Crippen LogP contribution is 2.21. The number of nitrogens with zero attached hydrogens (tertiary/aromatic N) is 2. The van der Waals surface area contributed by atoms with Gasteiger partial charge in [0, 0.05) is 19.0 Å². The minimum absolute atomic E-state index is 0.299. The van der Waals surface area contributed by atoms with Gasteiger partial charge < -0.3 is 10.0 Å². The lowest BCUT2D eigenvalue weighted by Crippen LogP contribution is -2.19. The predicted octanol–water partition coefficient (Wildman–Crippen LogP) is 3.17. The summed E-state index contributed by atoms with van der Waals surface area (Å²) in [4.78, 5) is 17.8. The summed E-state index contributed by atoms with van der Waals surface area (Å²) in [5.74, 6) is -0.0389. The van der Waals surface area contributed by atoms with Crippen molar-refractivity contribution in [3.63, 3.8) is 0 Å². The molecule has 1 aromatic carbocycles. The number of aromatic carboxylic acids is 1. The molecule has 2 rings (SSSR count). The number of aromatic nitrogens is 1. The highest BCUT2D eigenvalue weighted by Gasteiger charge is 2.10. The summed E-state index contributed by atoms with van der Waals surface area (Å²) in [6.45, 7) is 3.11. The van der Waals surface area contributed by atoms with Gasteiger partial charge in [-0.3, -0.25) is 0 Å². The molecule has 0 bridgehead atoms. The molecule has 0 saturated heterocycles. The maximum Gasteiger partial charge on any atom is 0.336 e. The Morgan fingerprint density at radius 3 is 2.79 bits per heavy atom. The summed E-state index contributed by atoms with van der Waals surface area (Å²) < 4.78 is 0. The number of hydrogen-bond acceptors (Lipinski definition) is 3. The van der Waals surface area contributed by atoms with Gasteiger partial charge in [-0.05, 0) is 30.7 Å². The van der Waals surface area contributed by atoms with Crippen LogP contribution in [0.4, 0.5) is 5.82 Å². The molecule has 1 N–H and O–H groups in total. The lowest BCUT2D eigenvalue weighted by Gasteiger charge is -2.18. The SMILES string of the molecule is CCCCN(C)c1ccc2c(C(=O)O)cccc2n1. The fourth-order valence-corrected chi connectivity index (χ4v) is 2.05. The first kappa shape index (κ1) is 13.3. The Bertz CT molecular complexity index is 596. The number of hydrogen-bond donors (Lipinski definition) is 1. The van der Waals surface area contributed by atoms with Crippen LogP contribution < -0.4 is 4.90 Å². The van der Waals surface area contributed by atoms with Crippen LogP contribution in [-0.2, 0) is 0 Å². The highest BCUT2D eigenvalue weighted by molar-refractivity contribution is 6.02. The Hall–Kier alpha value is -2.10. The molecule has 4 nitrogen and oxygen atoms in total. The lowest BCUT2D eigenvalue weighted by molar-refractivity contribution is 0.0699. The van der Waals surface area contributed by atoms with Gasteiger partial charge in [-0.2, -0.15) is 0 Å². The van der Waals surface area contributed by atoms with E-state index >= 15 is 0 Å². The molecule has 2 aromatic rings. The van der Waals surface area contributed by atoms with Crippen LogP contribution in [0.25, 0.3) is 10.9 Å². The molecule has 0 fully saturated rings. The number of benzene rings is 1. The van der Waals surface area contributed by atoms with Crippen molar-refractivity contribution in [1.82, 2.24) is 4.98 Å². The van der Waals surface area contributed by atoms with Gasteiger partial charge in [0.05, 0.1) is 11.1 Å². The van der Waals surface area contributed by atoms with Crippen LogP contribution in [0.1, 0.15) is 30.1 Å². The Morgan fingerprint density at radius 1 is 1.32 bits per heavy atom. The van der Waals surface area contributed by atoms with Crippen molar-refractivity contribution < 1.29 is 9.90 Å². The third-order valence-electron chi connectivity index (χ3n) is 3.19. The fourth-order valence-electron chi connectivity index (χ4n) is 2.05. The number of fused-ring (bicyclic) bond motifs is 1. The topological polar surface area (TPSA) is 53.4 Å². The Labute approximate surface area is 112 Å². The van der Waals surface area contributed by atoms with Crippen LogP contribution in [-0.4, -0.2) is 29.7 Å². The second kappa shape index (κ2) is 5.69. The molecule has 0 radical (unpaired) electrons. The van der Waals surface area contributed by atoms with E-state index < -0.39 is 5.97 Å². The van der Waals surface area contributed by atoms with Crippen molar-refractivity contribution in [1.29, 1.82) is 0 Å². The largest absolute Gasteiger partial charge is 0.478 e. The van der Waals surface area contributed by atoms with E-state index in [1.807, 2.05) is 25.2 Å². The normalized spacial score (nSPS) is 10.6. The lowest BCUT2D eigenvalue weighted by atomic mass is 10.1. The van der Waals surface area contributed by atoms with Gasteiger partial charge in [0.15, 0.2) is 0 Å². The van der Waals surface area contributed by atoms with Gasteiger partial charge in [0.1, 0.15) is 5.82 Å². The minimum atomic E-state index is -0.917. The molecular weight excluding hydrogens is 240 g/mol. The maximum atomic E-state index is 11.1. The van der Waals surface area contributed by atoms with E-state index in [1.165, 1.54) is 0 Å². The highest BCUT2D eigenvalue weighted by atomic mass is 16.4. The van der Waals surface area contributed by atoms with Crippen molar-refractivity contribution >= 4 is 22.7 Å². The Morgan fingerprint density at radius 2 is 2.11 bits per heavy atom. The first-order valence-corrected chi connectivity index (χ1v) is 6.47. The molecule has 19 heavy (non-hydrogen) atoms. The van der Waals surface area contributed by atoms with E-state index in [9.17, 15) is 4.79 Å². The average Bonchev–Trinajstić information content (AvgIpc) is 2.43. The third kappa shape index (κ3) is 2.84. The molecule has 0 spiro atoms. The third-order valence-corrected chi connectivity index (χ3v) is 3.19. The molecular formula is C15H18N2O2. The Kier molecular flexibility index (Phi) is 4.00. The van der Waals surface area contributed by atoms with Gasteiger partial charge >= 0.3 is 5.97 Å². The summed E-state index contributed by atoms with van der Waals surface area (Å²) in [7, 11) is 2.00. The molecule has 0 unspecified atom stereocenters. The van der Waals surface area contributed by atoms with Crippen molar-refractivity contribution in [2.24, 2.45) is 0 Å². The van der Waals surface area contributed by atoms with Gasteiger partial charge in [0.25, 0.3) is 0 Å². The molecule has 0 amide bonds. The van der Waals surface area contributed by atoms with Crippen LogP contribution in [0.2, 0.25) is 0 Å². The molecule has 0 aliphatic carbocycles. The molecule has 0 atom stereocenters. The van der Waals surface area contributed by atoms with Gasteiger partial charge in [-0.15, -0.1) is 0 Å².